The van der Waals surface area contributed by atoms with Crippen LogP contribution in [0.4, 0.5) is 0 Å². The number of hydrogen-bond acceptors (Lipinski definition) is 1. The minimum Gasteiger partial charge on any atom is -0.304 e. The van der Waals surface area contributed by atoms with E-state index in [1.165, 1.54) is 13.0 Å². The minimum atomic E-state index is 0.282. The Hall–Kier alpha value is 0.544. The maximum atomic E-state index is 2.53. The van der Waals surface area contributed by atoms with Gasteiger partial charge in [-0.3, -0.25) is 0 Å². The molecule has 3 fully saturated rings. The highest BCUT2D eigenvalue weighted by atomic mass is 15.1. The molecule has 0 spiro atoms. The molecule has 2 atom stereocenters. The topological polar surface area (TPSA) is 3.24 Å². The Kier molecular flexibility index (Phi) is 6.31. The van der Waals surface area contributed by atoms with Gasteiger partial charge in [0.05, 0.1) is 20.8 Å². The van der Waals surface area contributed by atoms with Crippen molar-refractivity contribution in [3.63, 3.8) is 0 Å². The van der Waals surface area contributed by atoms with Crippen molar-refractivity contribution in [3.8, 4) is 0 Å². The minimum absolute atomic E-state index is 0.282. The molecule has 2 bridgehead atoms. The first-order valence-corrected chi connectivity index (χ1v) is 7.64. The normalized spacial score (nSPS) is 28.8. The number of fused-ring (bicyclic) bond motifs is 6. The highest BCUT2D eigenvalue weighted by molar-refractivity contribution is 7.72. The van der Waals surface area contributed by atoms with Crippen molar-refractivity contribution in [1.82, 2.24) is 4.90 Å². The van der Waals surface area contributed by atoms with E-state index in [0.717, 1.165) is 18.9 Å². The predicted molar refractivity (Wildman–Crippen MR) is 96.3 cm³/mol. The Bertz CT molecular complexity index is 272. The Morgan fingerprint density at radius 3 is 2.47 bits per heavy atom. The first-order valence-electron chi connectivity index (χ1n) is 7.64. The molecule has 0 saturated carbocycles. The third kappa shape index (κ3) is 4.02. The molecule has 3 rings (SSSR count). The molecule has 0 aliphatic carbocycles. The van der Waals surface area contributed by atoms with E-state index in [2.05, 4.69) is 82.4 Å². The molecule has 0 aromatic carbocycles. The van der Waals surface area contributed by atoms with E-state index in [-0.39, 0.29) is 5.21 Å². The third-order valence-corrected chi connectivity index (χ3v) is 4.70. The van der Waals surface area contributed by atoms with Crippen LogP contribution in [0.25, 0.3) is 0 Å². The molecule has 19 heavy (non-hydrogen) atoms. The fourth-order valence-electron chi connectivity index (χ4n) is 3.33. The Morgan fingerprint density at radius 2 is 1.74 bits per heavy atom. The number of hydrogen-bond donors (Lipinski definition) is 0. The van der Waals surface area contributed by atoms with Crippen molar-refractivity contribution in [2.75, 3.05) is 19.6 Å². The van der Waals surface area contributed by atoms with Crippen molar-refractivity contribution in [3.05, 3.63) is 0 Å². The predicted octanol–water partition coefficient (Wildman–Crippen LogP) is -1.14. The molecule has 3 aliphatic heterocycles. The quantitative estimate of drug-likeness (QED) is 0.547. The van der Waals surface area contributed by atoms with Gasteiger partial charge in [-0.1, -0.05) is 26.6 Å². The average Bonchev–Trinajstić information content (AvgIpc) is 2.42. The second-order valence-electron chi connectivity index (χ2n) is 5.85. The molecule has 3 aliphatic rings. The lowest BCUT2D eigenvalue weighted by molar-refractivity contribution is 0.294. The van der Waals surface area contributed by atoms with Gasteiger partial charge in [-0.25, -0.2) is 0 Å². The second kappa shape index (κ2) is 7.52. The lowest BCUT2D eigenvalue weighted by atomic mass is 8.72. The van der Waals surface area contributed by atoms with Crippen molar-refractivity contribution < 1.29 is 0 Å². The highest BCUT2D eigenvalue weighted by Gasteiger charge is 2.49. The molecular formula is C9H18B9N. The van der Waals surface area contributed by atoms with Gasteiger partial charge in [0.2, 0.25) is 0 Å². The van der Waals surface area contributed by atoms with Crippen LogP contribution in [0.15, 0.2) is 0 Å². The van der Waals surface area contributed by atoms with Crippen molar-refractivity contribution in [2.24, 2.45) is 0 Å². The second-order valence-corrected chi connectivity index (χ2v) is 5.85. The van der Waals surface area contributed by atoms with Crippen molar-refractivity contribution in [1.29, 1.82) is 0 Å². The van der Waals surface area contributed by atoms with Gasteiger partial charge < -0.3 is 4.90 Å². The van der Waals surface area contributed by atoms with Gasteiger partial charge in [0.1, 0.15) is 0 Å². The van der Waals surface area contributed by atoms with E-state index >= 15 is 0 Å². The maximum absolute atomic E-state index is 2.53. The van der Waals surface area contributed by atoms with Gasteiger partial charge in [-0.2, -0.15) is 0 Å². The van der Waals surface area contributed by atoms with Gasteiger partial charge in [0.25, 0.3) is 0 Å². The summed E-state index contributed by atoms with van der Waals surface area (Å²) < 4.78 is 0. The zero-order valence-electron chi connectivity index (χ0n) is 12.5. The van der Waals surface area contributed by atoms with E-state index in [1.807, 2.05) is 0 Å². The summed E-state index contributed by atoms with van der Waals surface area (Å²) in [6, 6.07) is 0. The lowest BCUT2D eigenvalue weighted by Gasteiger charge is -2.55. The summed E-state index contributed by atoms with van der Waals surface area (Å²) in [6.07, 6.45) is 1.29. The van der Waals surface area contributed by atoms with E-state index in [0.29, 0.717) is 6.49 Å². The standard InChI is InChI=1S/C9H18B9N/c1-4-19(5-2)7-6-8-9(3)10-12-13-14-15-16-17-18(8)11-9/h8H,4-7H2,1-3H3. The summed E-state index contributed by atoms with van der Waals surface area (Å²) >= 11 is 0. The first kappa shape index (κ1) is 15.9. The summed E-state index contributed by atoms with van der Waals surface area (Å²) in [4.78, 5) is 2.53. The summed E-state index contributed by atoms with van der Waals surface area (Å²) in [7, 11) is 18.0. The van der Waals surface area contributed by atoms with Gasteiger partial charge in [-0.15, -0.1) is 5.21 Å². The molecule has 3 heterocycles. The molecule has 2 unspecified atom stereocenters. The molecule has 8 radical (unpaired) electrons. The summed E-state index contributed by atoms with van der Waals surface area (Å²) in [5.41, 5.74) is 0. The number of rotatable bonds is 5. The first-order chi connectivity index (χ1) is 9.19. The van der Waals surface area contributed by atoms with E-state index in [1.54, 1.807) is 0 Å². The van der Waals surface area contributed by atoms with Gasteiger partial charge in [0.15, 0.2) is 0 Å². The molecule has 0 aromatic rings. The van der Waals surface area contributed by atoms with Crippen LogP contribution >= 0.6 is 0 Å². The van der Waals surface area contributed by atoms with Crippen molar-refractivity contribution >= 4 is 63.2 Å². The Balaban J connectivity index is 1.89. The monoisotopic (exact) mass is 239 g/mol. The van der Waals surface area contributed by atoms with Crippen LogP contribution in [-0.2, 0) is 0 Å². The zero-order valence-corrected chi connectivity index (χ0v) is 12.5. The van der Waals surface area contributed by atoms with E-state index < -0.39 is 0 Å². The smallest absolute Gasteiger partial charge is 0.0608 e. The fraction of sp³-hybridized carbons (Fsp3) is 1.00. The van der Waals surface area contributed by atoms with Crippen LogP contribution < -0.4 is 0 Å². The van der Waals surface area contributed by atoms with Crippen molar-refractivity contribution in [2.45, 2.75) is 38.2 Å². The van der Waals surface area contributed by atoms with Gasteiger partial charge in [0, 0.05) is 42.4 Å². The lowest BCUT2D eigenvalue weighted by Crippen LogP contribution is -2.63. The van der Waals surface area contributed by atoms with Crippen LogP contribution in [-0.4, -0.2) is 87.7 Å². The summed E-state index contributed by atoms with van der Waals surface area (Å²) in [5.74, 6) is 0.750. The summed E-state index contributed by atoms with van der Waals surface area (Å²) in [6.45, 7) is 11.1. The third-order valence-electron chi connectivity index (χ3n) is 4.70. The number of nitrogens with zero attached hydrogens (tertiary/aromatic N) is 1. The fourth-order valence-corrected chi connectivity index (χ4v) is 3.33. The molecule has 0 aromatic heterocycles. The van der Waals surface area contributed by atoms with Gasteiger partial charge in [-0.05, 0) is 26.1 Å². The molecule has 1 nitrogen and oxygen atoms in total. The van der Waals surface area contributed by atoms with Crippen LogP contribution in [0.2, 0.25) is 11.0 Å². The van der Waals surface area contributed by atoms with Crippen LogP contribution in [0.1, 0.15) is 27.2 Å². The van der Waals surface area contributed by atoms with Crippen LogP contribution in [0, 0.1) is 0 Å². The molecule has 0 amide bonds. The zero-order chi connectivity index (χ0) is 13.7. The van der Waals surface area contributed by atoms with Gasteiger partial charge >= 0.3 is 0 Å². The molecule has 86 valence electrons. The highest BCUT2D eigenvalue weighted by Crippen LogP contribution is 2.51. The summed E-state index contributed by atoms with van der Waals surface area (Å²) in [5, 5.41) is 0.282. The maximum Gasteiger partial charge on any atom is 0.0608 e. The largest absolute Gasteiger partial charge is 0.304 e. The van der Waals surface area contributed by atoms with Crippen LogP contribution in [0.3, 0.4) is 0 Å². The van der Waals surface area contributed by atoms with Crippen LogP contribution in [0.5, 0.6) is 0 Å². The van der Waals surface area contributed by atoms with E-state index in [4.69, 9.17) is 0 Å². The SMILES string of the molecule is CCN(CC)CCC1B2[B][B][B][B][B][B][B]C1(C)[B]2. The molecule has 3 saturated heterocycles. The molecule has 10 heteroatoms. The Labute approximate surface area is 126 Å². The average molecular weight is 238 g/mol. The Morgan fingerprint density at radius 1 is 1.05 bits per heavy atom. The molecule has 0 N–H and O–H groups in total. The molecular weight excluding hydrogens is 219 g/mol. The van der Waals surface area contributed by atoms with E-state index in [9.17, 15) is 0 Å².